The fourth-order valence-corrected chi connectivity index (χ4v) is 3.14. The zero-order valence-corrected chi connectivity index (χ0v) is 15.1. The first-order chi connectivity index (χ1) is 12.6. The quantitative estimate of drug-likeness (QED) is 0.627. The molecule has 0 bridgehead atoms. The fraction of sp³-hybridized carbons (Fsp3) is 0.211. The van der Waals surface area contributed by atoms with Crippen molar-refractivity contribution < 1.29 is 14.0 Å². The second kappa shape index (κ2) is 8.44. The Morgan fingerprint density at radius 2 is 1.88 bits per heavy atom. The number of thiazole rings is 1. The van der Waals surface area contributed by atoms with Gasteiger partial charge in [-0.2, -0.15) is 0 Å². The summed E-state index contributed by atoms with van der Waals surface area (Å²) in [5.74, 6) is -0.174. The zero-order valence-electron chi connectivity index (χ0n) is 14.3. The maximum absolute atomic E-state index is 12.0. The van der Waals surface area contributed by atoms with Crippen LogP contribution in [0.5, 0.6) is 0 Å². The van der Waals surface area contributed by atoms with Gasteiger partial charge >= 0.3 is 0 Å². The van der Waals surface area contributed by atoms with Gasteiger partial charge in [-0.05, 0) is 19.1 Å². The van der Waals surface area contributed by atoms with Crippen molar-refractivity contribution in [3.63, 3.8) is 0 Å². The number of nitrogens with one attached hydrogen (secondary N) is 2. The number of carbonyl (C=O) groups is 2. The van der Waals surface area contributed by atoms with Gasteiger partial charge < -0.3 is 15.1 Å². The molecule has 0 radical (unpaired) electrons. The lowest BCUT2D eigenvalue weighted by molar-refractivity contribution is -0.120. The maximum atomic E-state index is 12.0. The number of hydrogen-bond donors (Lipinski definition) is 2. The Morgan fingerprint density at radius 3 is 2.62 bits per heavy atom. The minimum atomic E-state index is -0.300. The molecule has 0 unspecified atom stereocenters. The number of aromatic nitrogens is 1. The molecule has 2 amide bonds. The lowest BCUT2D eigenvalue weighted by Crippen LogP contribution is -2.35. The molecule has 0 saturated carbocycles. The number of furan rings is 1. The highest BCUT2D eigenvalue weighted by atomic mass is 32.1. The van der Waals surface area contributed by atoms with Gasteiger partial charge in [0.25, 0.3) is 5.91 Å². The monoisotopic (exact) mass is 369 g/mol. The molecule has 0 aliphatic carbocycles. The molecule has 134 valence electrons. The van der Waals surface area contributed by atoms with Crippen LogP contribution in [-0.2, 0) is 11.2 Å². The van der Waals surface area contributed by atoms with E-state index in [4.69, 9.17) is 4.42 Å². The van der Waals surface area contributed by atoms with Gasteiger partial charge in [0.05, 0.1) is 18.4 Å². The van der Waals surface area contributed by atoms with E-state index >= 15 is 0 Å². The van der Waals surface area contributed by atoms with Gasteiger partial charge in [0.2, 0.25) is 5.91 Å². The van der Waals surface area contributed by atoms with Crippen LogP contribution >= 0.6 is 11.3 Å². The van der Waals surface area contributed by atoms with Crippen molar-refractivity contribution in [2.24, 2.45) is 0 Å². The number of amides is 2. The van der Waals surface area contributed by atoms with Crippen molar-refractivity contribution in [1.29, 1.82) is 0 Å². The number of rotatable bonds is 7. The molecule has 0 fully saturated rings. The minimum Gasteiger partial charge on any atom is -0.459 e. The molecular weight excluding hydrogens is 350 g/mol. The molecule has 1 aromatic carbocycles. The van der Waals surface area contributed by atoms with E-state index in [2.05, 4.69) is 15.6 Å². The van der Waals surface area contributed by atoms with Gasteiger partial charge in [0, 0.05) is 24.0 Å². The Hall–Kier alpha value is -2.93. The molecule has 2 N–H and O–H groups in total. The summed E-state index contributed by atoms with van der Waals surface area (Å²) >= 11 is 1.52. The molecule has 7 heteroatoms. The number of benzene rings is 1. The number of carbonyl (C=O) groups excluding carboxylic acids is 2. The van der Waals surface area contributed by atoms with Crippen molar-refractivity contribution in [3.8, 4) is 10.6 Å². The predicted molar refractivity (Wildman–Crippen MR) is 100 cm³/mol. The van der Waals surface area contributed by atoms with Crippen molar-refractivity contribution in [3.05, 3.63) is 65.1 Å². The summed E-state index contributed by atoms with van der Waals surface area (Å²) in [6.45, 7) is 2.72. The molecule has 3 aromatic rings. The highest BCUT2D eigenvalue weighted by Crippen LogP contribution is 2.24. The van der Waals surface area contributed by atoms with E-state index in [9.17, 15) is 9.59 Å². The van der Waals surface area contributed by atoms with Crippen LogP contribution < -0.4 is 10.6 Å². The Bertz CT molecular complexity index is 870. The van der Waals surface area contributed by atoms with Crippen LogP contribution in [0.3, 0.4) is 0 Å². The van der Waals surface area contributed by atoms with Crippen LogP contribution in [0.4, 0.5) is 0 Å². The van der Waals surface area contributed by atoms with Gasteiger partial charge in [-0.3, -0.25) is 9.59 Å². The molecule has 0 spiro atoms. The third kappa shape index (κ3) is 4.80. The van der Waals surface area contributed by atoms with Crippen molar-refractivity contribution in [2.75, 3.05) is 13.1 Å². The van der Waals surface area contributed by atoms with E-state index in [1.54, 1.807) is 12.1 Å². The highest BCUT2D eigenvalue weighted by molar-refractivity contribution is 7.13. The highest BCUT2D eigenvalue weighted by Gasteiger charge is 2.10. The summed E-state index contributed by atoms with van der Waals surface area (Å²) in [7, 11) is 0. The van der Waals surface area contributed by atoms with Gasteiger partial charge in [0.1, 0.15) is 5.01 Å². The third-order valence-electron chi connectivity index (χ3n) is 3.67. The molecule has 3 rings (SSSR count). The molecule has 2 aromatic heterocycles. The average Bonchev–Trinajstić information content (AvgIpc) is 3.31. The van der Waals surface area contributed by atoms with Crippen LogP contribution in [0.25, 0.3) is 10.6 Å². The first-order valence-corrected chi connectivity index (χ1v) is 9.09. The summed E-state index contributed by atoms with van der Waals surface area (Å²) in [6.07, 6.45) is 1.66. The van der Waals surface area contributed by atoms with Crippen LogP contribution in [0.15, 0.2) is 52.5 Å². The van der Waals surface area contributed by atoms with Crippen LogP contribution in [0, 0.1) is 6.92 Å². The van der Waals surface area contributed by atoms with Crippen LogP contribution in [0.1, 0.15) is 21.8 Å². The molecule has 0 atom stereocenters. The van der Waals surface area contributed by atoms with Crippen molar-refractivity contribution in [2.45, 2.75) is 13.3 Å². The number of nitrogens with zero attached hydrogens (tertiary/aromatic N) is 1. The predicted octanol–water partition coefficient (Wildman–Crippen LogP) is 2.80. The normalized spacial score (nSPS) is 10.5. The Morgan fingerprint density at radius 1 is 1.12 bits per heavy atom. The van der Waals surface area contributed by atoms with E-state index in [-0.39, 0.29) is 24.0 Å². The summed E-state index contributed by atoms with van der Waals surface area (Å²) in [6, 6.07) is 11.4. The second-order valence-corrected chi connectivity index (χ2v) is 6.63. The SMILES string of the molecule is Cc1ccc(-c2nc(CC(=O)NCCNC(=O)c3ccco3)cs2)cc1. The lowest BCUT2D eigenvalue weighted by Gasteiger charge is -2.05. The van der Waals surface area contributed by atoms with E-state index in [0.29, 0.717) is 13.1 Å². The van der Waals surface area contributed by atoms with Crippen molar-refractivity contribution in [1.82, 2.24) is 15.6 Å². The van der Waals surface area contributed by atoms with Crippen LogP contribution in [0.2, 0.25) is 0 Å². The summed E-state index contributed by atoms with van der Waals surface area (Å²) in [5.41, 5.74) is 2.99. The number of aryl methyl sites for hydroxylation is 1. The minimum absolute atomic E-state index is 0.127. The molecule has 0 aliphatic rings. The van der Waals surface area contributed by atoms with E-state index in [1.165, 1.54) is 23.2 Å². The molecule has 26 heavy (non-hydrogen) atoms. The van der Waals surface area contributed by atoms with E-state index in [1.807, 2.05) is 36.6 Å². The topological polar surface area (TPSA) is 84.2 Å². The first-order valence-electron chi connectivity index (χ1n) is 8.21. The maximum Gasteiger partial charge on any atom is 0.287 e. The summed E-state index contributed by atoms with van der Waals surface area (Å²) in [5, 5.41) is 8.24. The molecule has 0 aliphatic heterocycles. The van der Waals surface area contributed by atoms with E-state index in [0.717, 1.165) is 16.3 Å². The van der Waals surface area contributed by atoms with Crippen molar-refractivity contribution >= 4 is 23.2 Å². The first kappa shape index (κ1) is 17.9. The molecule has 2 heterocycles. The third-order valence-corrected chi connectivity index (χ3v) is 4.61. The standard InChI is InChI=1S/C19H19N3O3S/c1-13-4-6-14(7-5-13)19-22-15(12-26-19)11-17(23)20-8-9-21-18(24)16-3-2-10-25-16/h2-7,10,12H,8-9,11H2,1H3,(H,20,23)(H,21,24). The molecule has 6 nitrogen and oxygen atoms in total. The second-order valence-electron chi connectivity index (χ2n) is 5.77. The van der Waals surface area contributed by atoms with Gasteiger partial charge in [-0.15, -0.1) is 11.3 Å². The fourth-order valence-electron chi connectivity index (χ4n) is 2.32. The van der Waals surface area contributed by atoms with Crippen LogP contribution in [-0.4, -0.2) is 29.9 Å². The van der Waals surface area contributed by atoms with Gasteiger partial charge in [-0.1, -0.05) is 29.8 Å². The smallest absolute Gasteiger partial charge is 0.287 e. The Balaban J connectivity index is 1.42. The summed E-state index contributed by atoms with van der Waals surface area (Å²) in [4.78, 5) is 28.2. The summed E-state index contributed by atoms with van der Waals surface area (Å²) < 4.78 is 4.99. The Kier molecular flexibility index (Phi) is 5.80. The van der Waals surface area contributed by atoms with Gasteiger partial charge in [-0.25, -0.2) is 4.98 Å². The average molecular weight is 369 g/mol. The Labute approximate surface area is 155 Å². The van der Waals surface area contributed by atoms with Gasteiger partial charge in [0.15, 0.2) is 5.76 Å². The lowest BCUT2D eigenvalue weighted by atomic mass is 10.2. The molecule has 0 saturated heterocycles. The number of hydrogen-bond acceptors (Lipinski definition) is 5. The largest absolute Gasteiger partial charge is 0.459 e. The zero-order chi connectivity index (χ0) is 18.4. The molecular formula is C19H19N3O3S. The van der Waals surface area contributed by atoms with E-state index < -0.39 is 0 Å².